The number of rotatable bonds is 14. The third-order valence-corrected chi connectivity index (χ3v) is 8.05. The van der Waals surface area contributed by atoms with Gasteiger partial charge < -0.3 is 28.4 Å². The van der Waals surface area contributed by atoms with Gasteiger partial charge in [-0.1, -0.05) is 53.0 Å². The minimum absolute atomic E-state index is 0.0451. The molecule has 0 fully saturated rings. The van der Waals surface area contributed by atoms with Gasteiger partial charge in [0.2, 0.25) is 12.6 Å². The van der Waals surface area contributed by atoms with Crippen LogP contribution in [0.4, 0.5) is 9.59 Å². The second kappa shape index (κ2) is 16.6. The molecule has 0 bridgehead atoms. The fourth-order valence-electron chi connectivity index (χ4n) is 3.41. The molecule has 0 saturated carbocycles. The SMILES string of the molecule is C=CCOC(=O)OC(CC)Oc1c(Br)cc(C(C)(C)c2cc(Br)c(OC(CC)OC(=O)OCC=C)c(Br)c2)cc1Br. The van der Waals surface area contributed by atoms with Gasteiger partial charge in [0.15, 0.2) is 11.5 Å². The molecule has 2 aromatic carbocycles. The van der Waals surface area contributed by atoms with E-state index in [9.17, 15) is 9.59 Å². The molecule has 0 aliphatic carbocycles. The van der Waals surface area contributed by atoms with Crippen LogP contribution in [-0.2, 0) is 24.4 Å². The zero-order valence-electron chi connectivity index (χ0n) is 23.1. The Hall–Kier alpha value is -2.02. The predicted molar refractivity (Wildman–Crippen MR) is 170 cm³/mol. The molecule has 2 unspecified atom stereocenters. The van der Waals surface area contributed by atoms with Crippen molar-refractivity contribution in [2.24, 2.45) is 0 Å². The van der Waals surface area contributed by atoms with E-state index in [4.69, 9.17) is 28.4 Å². The van der Waals surface area contributed by atoms with Gasteiger partial charge in [-0.05, 0) is 99.1 Å². The Balaban J connectivity index is 2.29. The van der Waals surface area contributed by atoms with Gasteiger partial charge in [-0.2, -0.15) is 0 Å². The molecule has 8 nitrogen and oxygen atoms in total. The first-order valence-corrected chi connectivity index (χ1v) is 15.8. The van der Waals surface area contributed by atoms with E-state index in [0.29, 0.717) is 42.2 Å². The Morgan fingerprint density at radius 3 is 1.32 bits per heavy atom. The van der Waals surface area contributed by atoms with Gasteiger partial charge in [0, 0.05) is 18.3 Å². The summed E-state index contributed by atoms with van der Waals surface area (Å²) in [6.45, 7) is 14.9. The number of ether oxygens (including phenoxy) is 6. The lowest BCUT2D eigenvalue weighted by Crippen LogP contribution is -2.25. The number of halogens is 4. The van der Waals surface area contributed by atoms with Crippen molar-refractivity contribution in [1.82, 2.24) is 0 Å². The molecular weight excluding hydrogens is 796 g/mol. The van der Waals surface area contributed by atoms with Crippen molar-refractivity contribution < 1.29 is 38.0 Å². The number of hydrogen-bond acceptors (Lipinski definition) is 8. The van der Waals surface area contributed by atoms with Crippen LogP contribution in [-0.4, -0.2) is 38.1 Å². The molecule has 0 aliphatic rings. The van der Waals surface area contributed by atoms with Crippen molar-refractivity contribution in [3.63, 3.8) is 0 Å². The summed E-state index contributed by atoms with van der Waals surface area (Å²) in [5.41, 5.74) is 1.46. The van der Waals surface area contributed by atoms with Crippen LogP contribution in [0, 0.1) is 0 Å². The van der Waals surface area contributed by atoms with E-state index >= 15 is 0 Å². The maximum atomic E-state index is 11.9. The Kier molecular flexibility index (Phi) is 14.2. The first kappa shape index (κ1) is 35.2. The zero-order chi connectivity index (χ0) is 30.7. The largest absolute Gasteiger partial charge is 0.511 e. The molecule has 0 aliphatic heterocycles. The van der Waals surface area contributed by atoms with Crippen molar-refractivity contribution in [3.05, 3.63) is 78.6 Å². The third kappa shape index (κ3) is 10.0. The van der Waals surface area contributed by atoms with E-state index in [1.807, 2.05) is 38.1 Å². The summed E-state index contributed by atoms with van der Waals surface area (Å²) in [5.74, 6) is 0.965. The van der Waals surface area contributed by atoms with Crippen molar-refractivity contribution in [2.75, 3.05) is 13.2 Å². The summed E-state index contributed by atoms with van der Waals surface area (Å²) in [6.07, 6.45) is 0.350. The first-order valence-electron chi connectivity index (χ1n) is 12.6. The van der Waals surface area contributed by atoms with E-state index in [1.165, 1.54) is 12.2 Å². The highest BCUT2D eigenvalue weighted by molar-refractivity contribution is 9.11. The van der Waals surface area contributed by atoms with E-state index in [2.05, 4.69) is 90.7 Å². The minimum atomic E-state index is -0.849. The van der Waals surface area contributed by atoms with Crippen LogP contribution < -0.4 is 9.47 Å². The molecule has 0 amide bonds. The van der Waals surface area contributed by atoms with Crippen LogP contribution in [0.25, 0.3) is 0 Å². The molecule has 0 heterocycles. The Morgan fingerprint density at radius 1 is 0.732 bits per heavy atom. The second-order valence-corrected chi connectivity index (χ2v) is 12.4. The average Bonchev–Trinajstić information content (AvgIpc) is 2.92. The molecule has 0 radical (unpaired) electrons. The third-order valence-electron chi connectivity index (χ3n) is 5.70. The predicted octanol–water partition coefficient (Wildman–Crippen LogP) is 9.97. The molecule has 0 saturated heterocycles. The molecule has 224 valence electrons. The summed E-state index contributed by atoms with van der Waals surface area (Å²) in [4.78, 5) is 23.7. The molecule has 0 N–H and O–H groups in total. The summed E-state index contributed by atoms with van der Waals surface area (Å²) < 4.78 is 34.9. The van der Waals surface area contributed by atoms with Gasteiger partial charge in [-0.15, -0.1) is 0 Å². The van der Waals surface area contributed by atoms with Crippen LogP contribution in [0.3, 0.4) is 0 Å². The van der Waals surface area contributed by atoms with Crippen molar-refractivity contribution in [2.45, 2.75) is 58.5 Å². The first-order chi connectivity index (χ1) is 19.4. The Labute approximate surface area is 274 Å². The molecular formula is C29H32Br4O8. The molecule has 12 heteroatoms. The lowest BCUT2D eigenvalue weighted by atomic mass is 9.78. The van der Waals surface area contributed by atoms with E-state index in [-0.39, 0.29) is 13.2 Å². The monoisotopic (exact) mass is 824 g/mol. The summed E-state index contributed by atoms with van der Waals surface area (Å²) in [6, 6.07) is 7.80. The van der Waals surface area contributed by atoms with Gasteiger partial charge in [0.1, 0.15) is 13.2 Å². The smallest absolute Gasteiger partial charge is 0.452 e. The molecule has 2 aromatic rings. The quantitative estimate of drug-likeness (QED) is 0.106. The van der Waals surface area contributed by atoms with Crippen LogP contribution >= 0.6 is 63.7 Å². The Morgan fingerprint density at radius 2 is 1.05 bits per heavy atom. The second-order valence-electron chi connectivity index (χ2n) is 9.01. The van der Waals surface area contributed by atoms with Gasteiger partial charge in [0.25, 0.3) is 0 Å². The Bertz CT molecular complexity index is 1110. The van der Waals surface area contributed by atoms with Crippen molar-refractivity contribution >= 4 is 76.0 Å². The van der Waals surface area contributed by atoms with Crippen LogP contribution in [0.5, 0.6) is 11.5 Å². The molecule has 0 aromatic heterocycles. The lowest BCUT2D eigenvalue weighted by molar-refractivity contribution is -0.0647. The maximum absolute atomic E-state index is 11.9. The van der Waals surface area contributed by atoms with Crippen molar-refractivity contribution in [1.29, 1.82) is 0 Å². The fourth-order valence-corrected chi connectivity index (χ4v) is 6.16. The standard InChI is InChI=1S/C29H32Br4O8/c1-7-11-36-27(34)40-23(9-3)38-25-19(30)13-17(14-20(25)31)29(5,6)18-15-21(32)26(22(33)16-18)39-24(10-4)41-28(35)37-12-8-2/h7-8,13-16,23-24H,1-2,9-12H2,3-6H3. The number of benzene rings is 2. The number of hydrogen-bond donors (Lipinski definition) is 0. The average molecular weight is 828 g/mol. The summed E-state index contributed by atoms with van der Waals surface area (Å²) in [7, 11) is 0. The topological polar surface area (TPSA) is 89.5 Å². The number of carbonyl (C=O) groups excluding carboxylic acids is 2. The van der Waals surface area contributed by atoms with Crippen LogP contribution in [0.15, 0.2) is 67.5 Å². The lowest BCUT2D eigenvalue weighted by Gasteiger charge is -2.29. The number of carbonyl (C=O) groups is 2. The fraction of sp³-hybridized carbons (Fsp3) is 0.379. The molecule has 2 rings (SSSR count). The zero-order valence-corrected chi connectivity index (χ0v) is 29.5. The van der Waals surface area contributed by atoms with Gasteiger partial charge in [-0.3, -0.25) is 0 Å². The van der Waals surface area contributed by atoms with E-state index in [1.54, 1.807) is 0 Å². The minimum Gasteiger partial charge on any atom is -0.452 e. The highest BCUT2D eigenvalue weighted by Crippen LogP contribution is 2.44. The molecule has 41 heavy (non-hydrogen) atoms. The summed E-state index contributed by atoms with van der Waals surface area (Å²) in [5, 5.41) is 0. The highest BCUT2D eigenvalue weighted by atomic mass is 79.9. The van der Waals surface area contributed by atoms with Crippen LogP contribution in [0.2, 0.25) is 0 Å². The molecule has 2 atom stereocenters. The summed E-state index contributed by atoms with van der Waals surface area (Å²) >= 11 is 14.4. The highest BCUT2D eigenvalue weighted by Gasteiger charge is 2.29. The van der Waals surface area contributed by atoms with Gasteiger partial charge >= 0.3 is 12.3 Å². The van der Waals surface area contributed by atoms with Gasteiger partial charge in [0.05, 0.1) is 17.9 Å². The van der Waals surface area contributed by atoms with Gasteiger partial charge in [-0.25, -0.2) is 9.59 Å². The van der Waals surface area contributed by atoms with Crippen LogP contribution in [0.1, 0.15) is 51.7 Å². The van der Waals surface area contributed by atoms with E-state index in [0.717, 1.165) is 11.1 Å². The maximum Gasteiger partial charge on any atom is 0.511 e. The van der Waals surface area contributed by atoms with E-state index < -0.39 is 30.3 Å². The molecule has 0 spiro atoms. The normalized spacial score (nSPS) is 12.5. The van der Waals surface area contributed by atoms with Crippen molar-refractivity contribution in [3.8, 4) is 11.5 Å².